The van der Waals surface area contributed by atoms with Crippen molar-refractivity contribution in [1.82, 2.24) is 0 Å². The van der Waals surface area contributed by atoms with Crippen LogP contribution in [0.1, 0.15) is 79.6 Å². The lowest BCUT2D eigenvalue weighted by molar-refractivity contribution is -0.186. The molecule has 0 aromatic carbocycles. The second-order valence-electron chi connectivity index (χ2n) is 10.3. The monoisotopic (exact) mass is 470 g/mol. The van der Waals surface area contributed by atoms with Gasteiger partial charge in [-0.1, -0.05) is 6.58 Å². The SMILES string of the molecule is C=C(C(=O)OCC)[C@@H]1CC[C@@](C)(O)[C@H]2CC[C@@](C)(O2)[C@@H](OC(C)=O)CC[C@](C)(O)[C@H](OC)C1. The Morgan fingerprint density at radius 2 is 1.67 bits per heavy atom. The molecule has 190 valence electrons. The minimum absolute atomic E-state index is 0.236. The van der Waals surface area contributed by atoms with Crippen LogP contribution < -0.4 is 0 Å². The van der Waals surface area contributed by atoms with E-state index in [1.54, 1.807) is 20.8 Å². The molecule has 0 unspecified atom stereocenters. The molecule has 0 aromatic rings. The van der Waals surface area contributed by atoms with E-state index in [-0.39, 0.29) is 12.5 Å². The van der Waals surface area contributed by atoms with E-state index in [4.69, 9.17) is 18.9 Å². The molecule has 0 radical (unpaired) electrons. The molecule has 33 heavy (non-hydrogen) atoms. The maximum atomic E-state index is 12.4. The number of hydrogen-bond donors (Lipinski definition) is 2. The van der Waals surface area contributed by atoms with Crippen LogP contribution in [0.2, 0.25) is 0 Å². The molecule has 2 aliphatic rings. The first-order chi connectivity index (χ1) is 15.3. The Labute approximate surface area is 197 Å². The van der Waals surface area contributed by atoms with Crippen LogP contribution in [0.5, 0.6) is 0 Å². The third-order valence-electron chi connectivity index (χ3n) is 7.42. The standard InChI is InChI=1S/C25H42O8/c1-8-31-22(27)16(2)18-9-12-23(4,28)19-11-14-25(6,33-19)20(32-17(3)26)10-13-24(5,29)21(15-18)30-7/h18-21,28-29H,2,8-15H2,1,3-7H3/t18-,19-,20+,21-,23-,24+,25-/m1/s1. The fourth-order valence-electron chi connectivity index (χ4n) is 5.12. The van der Waals surface area contributed by atoms with Crippen molar-refractivity contribution in [3.05, 3.63) is 12.2 Å². The number of esters is 2. The van der Waals surface area contributed by atoms with Crippen molar-refractivity contribution in [3.8, 4) is 0 Å². The Bertz CT molecular complexity index is 715. The van der Waals surface area contributed by atoms with Gasteiger partial charge in [-0.15, -0.1) is 0 Å². The number of aliphatic hydroxyl groups is 2. The van der Waals surface area contributed by atoms with Crippen LogP contribution in [0.15, 0.2) is 12.2 Å². The summed E-state index contributed by atoms with van der Waals surface area (Å²) in [5.74, 6) is -1.26. The van der Waals surface area contributed by atoms with E-state index >= 15 is 0 Å². The van der Waals surface area contributed by atoms with Crippen molar-refractivity contribution >= 4 is 11.9 Å². The fourth-order valence-corrected chi connectivity index (χ4v) is 5.12. The van der Waals surface area contributed by atoms with Gasteiger partial charge >= 0.3 is 11.9 Å². The van der Waals surface area contributed by atoms with E-state index in [0.717, 1.165) is 0 Å². The highest BCUT2D eigenvalue weighted by Gasteiger charge is 2.50. The molecule has 2 bridgehead atoms. The number of carbonyl (C=O) groups excluding carboxylic acids is 2. The van der Waals surface area contributed by atoms with E-state index in [2.05, 4.69) is 6.58 Å². The van der Waals surface area contributed by atoms with Crippen LogP contribution in [-0.4, -0.2) is 71.0 Å². The first kappa shape index (κ1) is 27.8. The molecule has 2 rings (SSSR count). The first-order valence-corrected chi connectivity index (χ1v) is 11.9. The summed E-state index contributed by atoms with van der Waals surface area (Å²) in [5, 5.41) is 22.6. The lowest BCUT2D eigenvalue weighted by atomic mass is 9.78. The second kappa shape index (κ2) is 10.8. The van der Waals surface area contributed by atoms with E-state index in [1.165, 1.54) is 14.0 Å². The van der Waals surface area contributed by atoms with Gasteiger partial charge in [0.05, 0.1) is 30.0 Å². The van der Waals surface area contributed by atoms with Gasteiger partial charge < -0.3 is 29.2 Å². The largest absolute Gasteiger partial charge is 0.463 e. The number of ether oxygens (including phenoxy) is 4. The summed E-state index contributed by atoms with van der Waals surface area (Å²) < 4.78 is 22.8. The molecule has 2 saturated heterocycles. The van der Waals surface area contributed by atoms with E-state index in [9.17, 15) is 19.8 Å². The Kier molecular flexibility index (Phi) is 9.12. The quantitative estimate of drug-likeness (QED) is 0.466. The van der Waals surface area contributed by atoms with Gasteiger partial charge in [0.15, 0.2) is 0 Å². The van der Waals surface area contributed by atoms with Crippen molar-refractivity contribution < 1.29 is 38.7 Å². The summed E-state index contributed by atoms with van der Waals surface area (Å²) in [6.45, 7) is 12.6. The van der Waals surface area contributed by atoms with Crippen molar-refractivity contribution in [2.24, 2.45) is 5.92 Å². The molecular formula is C25H42O8. The summed E-state index contributed by atoms with van der Waals surface area (Å²) in [7, 11) is 1.52. The maximum absolute atomic E-state index is 12.4. The molecular weight excluding hydrogens is 428 g/mol. The molecule has 0 aliphatic carbocycles. The lowest BCUT2D eigenvalue weighted by Gasteiger charge is -2.38. The third-order valence-corrected chi connectivity index (χ3v) is 7.42. The molecule has 2 N–H and O–H groups in total. The zero-order valence-electron chi connectivity index (χ0n) is 21.0. The molecule has 8 heteroatoms. The summed E-state index contributed by atoms with van der Waals surface area (Å²) >= 11 is 0. The van der Waals surface area contributed by atoms with Gasteiger partial charge in [-0.3, -0.25) is 4.79 Å². The average molecular weight is 471 g/mol. The van der Waals surface area contributed by atoms with E-state index < -0.39 is 47.1 Å². The minimum Gasteiger partial charge on any atom is -0.463 e. The second-order valence-corrected chi connectivity index (χ2v) is 10.3. The van der Waals surface area contributed by atoms with Gasteiger partial charge in [0.2, 0.25) is 0 Å². The van der Waals surface area contributed by atoms with Crippen LogP contribution in [0, 0.1) is 5.92 Å². The van der Waals surface area contributed by atoms with Gasteiger partial charge in [-0.2, -0.15) is 0 Å². The van der Waals surface area contributed by atoms with Gasteiger partial charge in [0, 0.05) is 19.6 Å². The van der Waals surface area contributed by atoms with Crippen LogP contribution >= 0.6 is 0 Å². The number of fused-ring (bicyclic) bond motifs is 2. The third kappa shape index (κ3) is 6.78. The predicted molar refractivity (Wildman–Crippen MR) is 122 cm³/mol. The predicted octanol–water partition coefficient (Wildman–Crippen LogP) is 3.07. The van der Waals surface area contributed by atoms with Gasteiger partial charge in [-0.25, -0.2) is 4.79 Å². The van der Waals surface area contributed by atoms with Crippen LogP contribution in [0.4, 0.5) is 0 Å². The van der Waals surface area contributed by atoms with Gasteiger partial charge in [0.25, 0.3) is 0 Å². The van der Waals surface area contributed by atoms with Crippen LogP contribution in [-0.2, 0) is 28.5 Å². The molecule has 7 atom stereocenters. The van der Waals surface area contributed by atoms with Crippen molar-refractivity contribution in [3.63, 3.8) is 0 Å². The van der Waals surface area contributed by atoms with Crippen LogP contribution in [0.3, 0.4) is 0 Å². The van der Waals surface area contributed by atoms with Crippen molar-refractivity contribution in [2.45, 2.75) is 115 Å². The maximum Gasteiger partial charge on any atom is 0.333 e. The summed E-state index contributed by atoms with van der Waals surface area (Å²) in [6, 6.07) is 0. The Morgan fingerprint density at radius 3 is 2.24 bits per heavy atom. The number of rotatable bonds is 5. The highest BCUT2D eigenvalue weighted by atomic mass is 16.6. The molecule has 0 aromatic heterocycles. The smallest absolute Gasteiger partial charge is 0.333 e. The molecule has 8 nitrogen and oxygen atoms in total. The lowest BCUT2D eigenvalue weighted by Crippen LogP contribution is -2.47. The van der Waals surface area contributed by atoms with Gasteiger partial charge in [0.1, 0.15) is 11.7 Å². The molecule has 0 saturated carbocycles. The average Bonchev–Trinajstić information content (AvgIpc) is 3.14. The van der Waals surface area contributed by atoms with Crippen molar-refractivity contribution in [1.29, 1.82) is 0 Å². The summed E-state index contributed by atoms with van der Waals surface area (Å²) in [6.07, 6.45) is 1.38. The van der Waals surface area contributed by atoms with E-state index in [1.807, 2.05) is 6.92 Å². The van der Waals surface area contributed by atoms with Gasteiger partial charge in [-0.05, 0) is 78.6 Å². The normalized spacial score (nSPS) is 40.1. The first-order valence-electron chi connectivity index (χ1n) is 11.9. The zero-order valence-corrected chi connectivity index (χ0v) is 21.0. The zero-order chi connectivity index (χ0) is 25.0. The fraction of sp³-hybridized carbons (Fsp3) is 0.840. The topological polar surface area (TPSA) is 112 Å². The highest BCUT2D eigenvalue weighted by molar-refractivity contribution is 5.88. The summed E-state index contributed by atoms with van der Waals surface area (Å²) in [4.78, 5) is 24.3. The molecule has 2 fully saturated rings. The number of methoxy groups -OCH3 is 1. The number of hydrogen-bond acceptors (Lipinski definition) is 8. The molecule has 0 amide bonds. The minimum atomic E-state index is -1.26. The molecule has 2 aliphatic heterocycles. The Morgan fingerprint density at radius 1 is 1.03 bits per heavy atom. The highest BCUT2D eigenvalue weighted by Crippen LogP contribution is 2.43. The Balaban J connectivity index is 2.41. The number of carbonyl (C=O) groups is 2. The Hall–Kier alpha value is -1.48. The summed E-state index contributed by atoms with van der Waals surface area (Å²) in [5.41, 5.74) is -2.90. The van der Waals surface area contributed by atoms with Crippen LogP contribution in [0.25, 0.3) is 0 Å². The van der Waals surface area contributed by atoms with E-state index in [0.29, 0.717) is 50.5 Å². The van der Waals surface area contributed by atoms with Crippen molar-refractivity contribution in [2.75, 3.05) is 13.7 Å². The molecule has 0 spiro atoms. The molecule has 2 heterocycles.